The largest absolute Gasteiger partial charge is 0.496 e. The Kier molecular flexibility index (Phi) is 9.76. The SMILES string of the molecule is COc1cc2c(OC)cccc2cc1C(=O)N[C@@H](CCCNC(=N)CF)C(=O)NCc1cccc(F)c1. The molecule has 0 heterocycles. The van der Waals surface area contributed by atoms with Crippen molar-refractivity contribution in [3.05, 3.63) is 71.5 Å². The summed E-state index contributed by atoms with van der Waals surface area (Å²) in [5, 5.41) is 17.0. The summed E-state index contributed by atoms with van der Waals surface area (Å²) in [6, 6.07) is 13.7. The van der Waals surface area contributed by atoms with Gasteiger partial charge in [-0.15, -0.1) is 0 Å². The molecule has 3 aromatic rings. The summed E-state index contributed by atoms with van der Waals surface area (Å²) in [6.07, 6.45) is 0.601. The highest BCUT2D eigenvalue weighted by Crippen LogP contribution is 2.32. The van der Waals surface area contributed by atoms with Crippen molar-refractivity contribution < 1.29 is 27.8 Å². The van der Waals surface area contributed by atoms with Gasteiger partial charge in [-0.1, -0.05) is 24.3 Å². The van der Waals surface area contributed by atoms with Crippen LogP contribution in [0, 0.1) is 11.2 Å². The predicted molar refractivity (Wildman–Crippen MR) is 137 cm³/mol. The zero-order valence-corrected chi connectivity index (χ0v) is 20.7. The summed E-state index contributed by atoms with van der Waals surface area (Å²) < 4.78 is 36.9. The van der Waals surface area contributed by atoms with Crippen molar-refractivity contribution in [2.45, 2.75) is 25.4 Å². The summed E-state index contributed by atoms with van der Waals surface area (Å²) in [6.45, 7) is -0.584. The van der Waals surface area contributed by atoms with Gasteiger partial charge in [0, 0.05) is 18.5 Å². The van der Waals surface area contributed by atoms with Crippen LogP contribution in [0.1, 0.15) is 28.8 Å². The third-order valence-electron chi connectivity index (χ3n) is 5.74. The first-order valence-electron chi connectivity index (χ1n) is 11.7. The van der Waals surface area contributed by atoms with Crippen molar-refractivity contribution in [1.29, 1.82) is 5.41 Å². The number of ether oxygens (including phenoxy) is 2. The maximum Gasteiger partial charge on any atom is 0.255 e. The van der Waals surface area contributed by atoms with Crippen molar-refractivity contribution in [3.63, 3.8) is 0 Å². The number of carbonyl (C=O) groups is 2. The maximum atomic E-state index is 13.5. The van der Waals surface area contributed by atoms with Gasteiger partial charge in [-0.25, -0.2) is 8.78 Å². The van der Waals surface area contributed by atoms with Gasteiger partial charge in [-0.3, -0.25) is 15.0 Å². The Morgan fingerprint density at radius 2 is 1.76 bits per heavy atom. The monoisotopic (exact) mass is 512 g/mol. The minimum Gasteiger partial charge on any atom is -0.496 e. The van der Waals surface area contributed by atoms with Crippen molar-refractivity contribution in [2.24, 2.45) is 0 Å². The van der Waals surface area contributed by atoms with E-state index in [2.05, 4.69) is 16.0 Å². The molecule has 0 bridgehead atoms. The number of hydrogen-bond donors (Lipinski definition) is 4. The molecule has 0 spiro atoms. The molecule has 0 aliphatic carbocycles. The Morgan fingerprint density at radius 1 is 1.00 bits per heavy atom. The van der Waals surface area contributed by atoms with Crippen molar-refractivity contribution in [2.75, 3.05) is 27.4 Å². The molecular weight excluding hydrogens is 482 g/mol. The van der Waals surface area contributed by atoms with E-state index in [1.165, 1.54) is 19.2 Å². The number of benzene rings is 3. The molecule has 0 unspecified atom stereocenters. The summed E-state index contributed by atoms with van der Waals surface area (Å²) >= 11 is 0. The number of methoxy groups -OCH3 is 2. The van der Waals surface area contributed by atoms with Crippen molar-refractivity contribution in [1.82, 2.24) is 16.0 Å². The third kappa shape index (κ3) is 7.39. The smallest absolute Gasteiger partial charge is 0.255 e. The molecule has 3 aromatic carbocycles. The lowest BCUT2D eigenvalue weighted by atomic mass is 10.0. The minimum atomic E-state index is -0.937. The summed E-state index contributed by atoms with van der Waals surface area (Å²) in [5.41, 5.74) is 0.810. The molecule has 0 saturated carbocycles. The lowest BCUT2D eigenvalue weighted by molar-refractivity contribution is -0.123. The molecule has 0 radical (unpaired) electrons. The molecule has 2 amide bonds. The number of amidine groups is 1. The molecule has 4 N–H and O–H groups in total. The maximum absolute atomic E-state index is 13.5. The molecule has 196 valence electrons. The number of hydrogen-bond acceptors (Lipinski definition) is 5. The third-order valence-corrected chi connectivity index (χ3v) is 5.74. The van der Waals surface area contributed by atoms with Crippen LogP contribution in [-0.4, -0.2) is 51.1 Å². The highest BCUT2D eigenvalue weighted by Gasteiger charge is 2.23. The first kappa shape index (κ1) is 27.4. The Balaban J connectivity index is 1.78. The van der Waals surface area contributed by atoms with Gasteiger partial charge in [0.25, 0.3) is 5.91 Å². The number of alkyl halides is 1. The van der Waals surface area contributed by atoms with Gasteiger partial charge >= 0.3 is 0 Å². The predicted octanol–water partition coefficient (Wildman–Crippen LogP) is 3.73. The molecule has 37 heavy (non-hydrogen) atoms. The van der Waals surface area contributed by atoms with Gasteiger partial charge in [-0.2, -0.15) is 0 Å². The zero-order valence-electron chi connectivity index (χ0n) is 20.7. The van der Waals surface area contributed by atoms with Crippen LogP contribution >= 0.6 is 0 Å². The van der Waals surface area contributed by atoms with Gasteiger partial charge in [0.2, 0.25) is 5.91 Å². The first-order chi connectivity index (χ1) is 17.9. The van der Waals surface area contributed by atoms with E-state index in [1.54, 1.807) is 43.5 Å². The molecular formula is C27H30F2N4O4. The van der Waals surface area contributed by atoms with E-state index in [0.717, 1.165) is 10.8 Å². The lowest BCUT2D eigenvalue weighted by Crippen LogP contribution is -2.47. The number of amides is 2. The molecule has 8 nitrogen and oxygen atoms in total. The van der Waals surface area contributed by atoms with Crippen LogP contribution in [0.3, 0.4) is 0 Å². The molecule has 0 fully saturated rings. The van der Waals surface area contributed by atoms with Crippen LogP contribution in [-0.2, 0) is 11.3 Å². The number of rotatable bonds is 12. The number of carbonyl (C=O) groups excluding carboxylic acids is 2. The van der Waals surface area contributed by atoms with E-state index in [4.69, 9.17) is 14.9 Å². The normalized spacial score (nSPS) is 11.5. The summed E-state index contributed by atoms with van der Waals surface area (Å²) in [7, 11) is 3.00. The Labute approximate surface area is 213 Å². The Morgan fingerprint density at radius 3 is 2.46 bits per heavy atom. The van der Waals surface area contributed by atoms with Gasteiger partial charge in [0.1, 0.15) is 35.9 Å². The van der Waals surface area contributed by atoms with Crippen molar-refractivity contribution in [3.8, 4) is 11.5 Å². The molecule has 10 heteroatoms. The van der Waals surface area contributed by atoms with Gasteiger partial charge in [0.05, 0.1) is 19.8 Å². The average molecular weight is 513 g/mol. The first-order valence-corrected chi connectivity index (χ1v) is 11.7. The summed E-state index contributed by atoms with van der Waals surface area (Å²) in [5.74, 6) is -0.711. The molecule has 0 saturated heterocycles. The fourth-order valence-electron chi connectivity index (χ4n) is 3.86. The van der Waals surface area contributed by atoms with Crippen LogP contribution < -0.4 is 25.4 Å². The van der Waals surface area contributed by atoms with Gasteiger partial charge in [-0.05, 0) is 54.1 Å². The highest BCUT2D eigenvalue weighted by molar-refractivity contribution is 6.04. The van der Waals surface area contributed by atoms with E-state index in [0.29, 0.717) is 23.5 Å². The zero-order chi connectivity index (χ0) is 26.8. The Bertz CT molecular complexity index is 1270. The van der Waals surface area contributed by atoms with E-state index in [1.807, 2.05) is 6.07 Å². The number of fused-ring (bicyclic) bond motifs is 1. The van der Waals surface area contributed by atoms with E-state index >= 15 is 0 Å². The number of halogens is 2. The van der Waals surface area contributed by atoms with Crippen molar-refractivity contribution >= 4 is 28.4 Å². The second-order valence-corrected chi connectivity index (χ2v) is 8.29. The molecule has 1 atom stereocenters. The van der Waals surface area contributed by atoms with Crippen LogP contribution in [0.4, 0.5) is 8.78 Å². The van der Waals surface area contributed by atoms with E-state index in [9.17, 15) is 18.4 Å². The van der Waals surface area contributed by atoms with E-state index in [-0.39, 0.29) is 30.9 Å². The van der Waals surface area contributed by atoms with Crippen LogP contribution in [0.25, 0.3) is 10.8 Å². The van der Waals surface area contributed by atoms with Gasteiger partial charge in [0.15, 0.2) is 0 Å². The average Bonchev–Trinajstić information content (AvgIpc) is 2.91. The second-order valence-electron chi connectivity index (χ2n) is 8.29. The molecule has 3 rings (SSSR count). The molecule has 0 aliphatic heterocycles. The fourth-order valence-corrected chi connectivity index (χ4v) is 3.86. The van der Waals surface area contributed by atoms with Gasteiger partial charge < -0.3 is 25.4 Å². The van der Waals surface area contributed by atoms with Crippen LogP contribution in [0.2, 0.25) is 0 Å². The van der Waals surface area contributed by atoms with E-state index < -0.39 is 30.3 Å². The van der Waals surface area contributed by atoms with Crippen LogP contribution in [0.5, 0.6) is 11.5 Å². The highest BCUT2D eigenvalue weighted by atomic mass is 19.1. The molecule has 0 aromatic heterocycles. The van der Waals surface area contributed by atoms with Crippen LogP contribution in [0.15, 0.2) is 54.6 Å². The standard InChI is InChI=1S/C27H30F2N4O4/c1-36-23-10-4-7-18-13-21(24(37-2)14-20(18)23)26(34)33-22(9-5-11-31-25(30)15-28)27(35)32-16-17-6-3-8-19(29)12-17/h3-4,6-8,10,12-14,22H,5,9,11,15-16H2,1-2H3,(H2,30,31)(H,32,35)(H,33,34)/t22-/m0/s1. The number of nitrogens with one attached hydrogen (secondary N) is 4. The summed E-state index contributed by atoms with van der Waals surface area (Å²) in [4.78, 5) is 26.3. The lowest BCUT2D eigenvalue weighted by Gasteiger charge is -2.20. The fraction of sp³-hybridized carbons (Fsp3) is 0.296. The quantitative estimate of drug-likeness (QED) is 0.168. The molecule has 0 aliphatic rings. The Hall–Kier alpha value is -4.21. The minimum absolute atomic E-state index is 0.0762. The topological polar surface area (TPSA) is 113 Å². The second kappa shape index (κ2) is 13.2.